The summed E-state index contributed by atoms with van der Waals surface area (Å²) >= 11 is 11.7. The summed E-state index contributed by atoms with van der Waals surface area (Å²) in [6.45, 7) is 3.34. The molecule has 1 aromatic heterocycles. The predicted octanol–water partition coefficient (Wildman–Crippen LogP) is 1.23. The molecule has 2 rings (SSSR count). The number of nitrogens with zero attached hydrogens (tertiary/aromatic N) is 2. The zero-order valence-electron chi connectivity index (χ0n) is 9.75. The number of rotatable bonds is 3. The second-order valence-electron chi connectivity index (χ2n) is 3.97. The van der Waals surface area contributed by atoms with Crippen LogP contribution in [0, 0.1) is 0 Å². The van der Waals surface area contributed by atoms with E-state index in [1.165, 1.54) is 6.20 Å². The Hall–Kier alpha value is -1.04. The Morgan fingerprint density at radius 1 is 1.44 bits per heavy atom. The lowest BCUT2D eigenvalue weighted by Gasteiger charge is -2.27. The zero-order valence-corrected chi connectivity index (χ0v) is 11.3. The van der Waals surface area contributed by atoms with Crippen molar-refractivity contribution in [2.75, 3.05) is 38.0 Å². The molecule has 0 spiro atoms. The molecule has 0 atom stereocenters. The first kappa shape index (κ1) is 13.4. The molecule has 1 aromatic rings. The lowest BCUT2D eigenvalue weighted by molar-refractivity contribution is -0.129. The molecule has 0 aromatic carbocycles. The minimum absolute atomic E-state index is 0.0457. The Balaban J connectivity index is 1.88. The fourth-order valence-corrected chi connectivity index (χ4v) is 2.18. The molecule has 0 aliphatic carbocycles. The standard InChI is InChI=1S/C11H14Cl2N4O/c12-8-5-9(13)11(15-6-8)16-7-10(18)17-3-1-14-2-4-17/h5-6,14H,1-4,7H2,(H,15,16). The van der Waals surface area contributed by atoms with Crippen LogP contribution in [0.1, 0.15) is 0 Å². The fraction of sp³-hybridized carbons (Fsp3) is 0.455. The van der Waals surface area contributed by atoms with Crippen molar-refractivity contribution < 1.29 is 4.79 Å². The molecule has 1 aliphatic rings. The quantitative estimate of drug-likeness (QED) is 0.879. The maximum absolute atomic E-state index is 11.9. The Morgan fingerprint density at radius 3 is 2.83 bits per heavy atom. The van der Waals surface area contributed by atoms with Crippen molar-refractivity contribution >= 4 is 34.9 Å². The molecule has 98 valence electrons. The molecule has 18 heavy (non-hydrogen) atoms. The van der Waals surface area contributed by atoms with Gasteiger partial charge >= 0.3 is 0 Å². The summed E-state index contributed by atoms with van der Waals surface area (Å²) in [5.74, 6) is 0.522. The first-order valence-electron chi connectivity index (χ1n) is 5.70. The molecular formula is C11H14Cl2N4O. The number of halogens is 2. The molecule has 0 radical (unpaired) electrons. The molecule has 0 unspecified atom stereocenters. The van der Waals surface area contributed by atoms with Crippen LogP contribution >= 0.6 is 23.2 Å². The van der Waals surface area contributed by atoms with Gasteiger partial charge in [0.05, 0.1) is 16.6 Å². The Bertz CT molecular complexity index is 435. The molecule has 1 aliphatic heterocycles. The van der Waals surface area contributed by atoms with E-state index in [-0.39, 0.29) is 12.5 Å². The van der Waals surface area contributed by atoms with E-state index in [2.05, 4.69) is 15.6 Å². The lowest BCUT2D eigenvalue weighted by atomic mass is 10.3. The minimum atomic E-state index is 0.0457. The van der Waals surface area contributed by atoms with Gasteiger partial charge in [0.1, 0.15) is 5.82 Å². The summed E-state index contributed by atoms with van der Waals surface area (Å²) < 4.78 is 0. The van der Waals surface area contributed by atoms with Crippen molar-refractivity contribution in [3.05, 3.63) is 22.3 Å². The van der Waals surface area contributed by atoms with Crippen molar-refractivity contribution in [2.24, 2.45) is 0 Å². The van der Waals surface area contributed by atoms with Gasteiger partial charge in [-0.3, -0.25) is 4.79 Å². The van der Waals surface area contributed by atoms with Crippen molar-refractivity contribution in [1.82, 2.24) is 15.2 Å². The number of nitrogens with one attached hydrogen (secondary N) is 2. The smallest absolute Gasteiger partial charge is 0.242 e. The SMILES string of the molecule is O=C(CNc1ncc(Cl)cc1Cl)N1CCNCC1. The third-order valence-corrected chi connectivity index (χ3v) is 3.18. The normalized spacial score (nSPS) is 15.6. The second kappa shape index (κ2) is 6.22. The molecule has 1 saturated heterocycles. The minimum Gasteiger partial charge on any atom is -0.360 e. The van der Waals surface area contributed by atoms with Gasteiger partial charge in [0, 0.05) is 32.4 Å². The van der Waals surface area contributed by atoms with Crippen LogP contribution in [0.5, 0.6) is 0 Å². The van der Waals surface area contributed by atoms with Crippen LogP contribution in [0.3, 0.4) is 0 Å². The number of carbonyl (C=O) groups is 1. The third kappa shape index (κ3) is 3.48. The third-order valence-electron chi connectivity index (χ3n) is 2.68. The number of amides is 1. The summed E-state index contributed by atoms with van der Waals surface area (Å²) in [5, 5.41) is 7.00. The maximum atomic E-state index is 11.9. The summed E-state index contributed by atoms with van der Waals surface area (Å²) in [4.78, 5) is 17.7. The number of carbonyl (C=O) groups excluding carboxylic acids is 1. The number of anilines is 1. The van der Waals surface area contributed by atoms with Crippen molar-refractivity contribution in [3.8, 4) is 0 Å². The molecule has 2 heterocycles. The van der Waals surface area contributed by atoms with E-state index in [0.717, 1.165) is 26.2 Å². The Labute approximate surface area is 115 Å². The maximum Gasteiger partial charge on any atom is 0.242 e. The highest BCUT2D eigenvalue weighted by Gasteiger charge is 2.16. The summed E-state index contributed by atoms with van der Waals surface area (Å²) in [6.07, 6.45) is 1.49. The van der Waals surface area contributed by atoms with E-state index in [1.807, 2.05) is 4.90 Å². The predicted molar refractivity (Wildman–Crippen MR) is 72.2 cm³/mol. The summed E-state index contributed by atoms with van der Waals surface area (Å²) in [5.41, 5.74) is 0. The number of aromatic nitrogens is 1. The van der Waals surface area contributed by atoms with Gasteiger partial charge in [-0.05, 0) is 6.07 Å². The molecule has 7 heteroatoms. The molecule has 2 N–H and O–H groups in total. The van der Waals surface area contributed by atoms with E-state index in [1.54, 1.807) is 6.07 Å². The van der Waals surface area contributed by atoms with Crippen LogP contribution in [-0.2, 0) is 4.79 Å². The molecule has 1 amide bonds. The van der Waals surface area contributed by atoms with Gasteiger partial charge in [0.25, 0.3) is 0 Å². The highest BCUT2D eigenvalue weighted by molar-refractivity contribution is 6.35. The van der Waals surface area contributed by atoms with Crippen LogP contribution in [0.4, 0.5) is 5.82 Å². The number of pyridine rings is 1. The van der Waals surface area contributed by atoms with Gasteiger partial charge in [-0.2, -0.15) is 0 Å². The van der Waals surface area contributed by atoms with Gasteiger partial charge in [-0.15, -0.1) is 0 Å². The monoisotopic (exact) mass is 288 g/mol. The summed E-state index contributed by atoms with van der Waals surface area (Å²) in [7, 11) is 0. The van der Waals surface area contributed by atoms with Gasteiger partial charge in [0.2, 0.25) is 5.91 Å². The highest BCUT2D eigenvalue weighted by Crippen LogP contribution is 2.22. The van der Waals surface area contributed by atoms with E-state index < -0.39 is 0 Å². The molecule has 0 bridgehead atoms. The van der Waals surface area contributed by atoms with Gasteiger partial charge < -0.3 is 15.5 Å². The van der Waals surface area contributed by atoms with Crippen molar-refractivity contribution in [1.29, 1.82) is 0 Å². The highest BCUT2D eigenvalue weighted by atomic mass is 35.5. The van der Waals surface area contributed by atoms with Gasteiger partial charge in [0.15, 0.2) is 0 Å². The first-order valence-corrected chi connectivity index (χ1v) is 6.46. The molecular weight excluding hydrogens is 275 g/mol. The van der Waals surface area contributed by atoms with Crippen LogP contribution in [0.2, 0.25) is 10.0 Å². The average Bonchev–Trinajstić information content (AvgIpc) is 2.38. The molecule has 5 nitrogen and oxygen atoms in total. The average molecular weight is 289 g/mol. The fourth-order valence-electron chi connectivity index (χ4n) is 1.73. The van der Waals surface area contributed by atoms with Crippen LogP contribution in [-0.4, -0.2) is 48.5 Å². The largest absolute Gasteiger partial charge is 0.360 e. The molecule has 1 fully saturated rings. The Kier molecular flexibility index (Phi) is 4.63. The van der Waals surface area contributed by atoms with Crippen LogP contribution in [0.25, 0.3) is 0 Å². The van der Waals surface area contributed by atoms with E-state index >= 15 is 0 Å². The first-order chi connectivity index (χ1) is 8.66. The Morgan fingerprint density at radius 2 is 2.17 bits per heavy atom. The number of piperazine rings is 1. The van der Waals surface area contributed by atoms with Gasteiger partial charge in [-0.25, -0.2) is 4.98 Å². The second-order valence-corrected chi connectivity index (χ2v) is 4.81. The van der Waals surface area contributed by atoms with Crippen LogP contribution in [0.15, 0.2) is 12.3 Å². The van der Waals surface area contributed by atoms with E-state index in [0.29, 0.717) is 15.9 Å². The topological polar surface area (TPSA) is 57.3 Å². The van der Waals surface area contributed by atoms with Crippen LogP contribution < -0.4 is 10.6 Å². The number of hydrogen-bond acceptors (Lipinski definition) is 4. The molecule has 0 saturated carbocycles. The zero-order chi connectivity index (χ0) is 13.0. The van der Waals surface area contributed by atoms with E-state index in [9.17, 15) is 4.79 Å². The van der Waals surface area contributed by atoms with Gasteiger partial charge in [-0.1, -0.05) is 23.2 Å². The van der Waals surface area contributed by atoms with Crippen molar-refractivity contribution in [2.45, 2.75) is 0 Å². The lowest BCUT2D eigenvalue weighted by Crippen LogP contribution is -2.48. The summed E-state index contributed by atoms with van der Waals surface area (Å²) in [6, 6.07) is 1.59. The number of hydrogen-bond donors (Lipinski definition) is 2. The van der Waals surface area contributed by atoms with E-state index in [4.69, 9.17) is 23.2 Å². The van der Waals surface area contributed by atoms with Crippen molar-refractivity contribution in [3.63, 3.8) is 0 Å².